The van der Waals surface area contributed by atoms with Crippen LogP contribution in [-0.4, -0.2) is 29.0 Å². The minimum Gasteiger partial charge on any atom is -0.497 e. The SMILES string of the molecule is COc1ccc(-c2ccncc2/C=C2/C(=O)NC(=S)N(c3ccc(Cl)cc3)C2=O)cc1. The Kier molecular flexibility index (Phi) is 5.79. The molecule has 0 aliphatic carbocycles. The van der Waals surface area contributed by atoms with Gasteiger partial charge in [0.05, 0.1) is 12.8 Å². The summed E-state index contributed by atoms with van der Waals surface area (Å²) >= 11 is 11.2. The van der Waals surface area contributed by atoms with Crippen molar-refractivity contribution in [1.29, 1.82) is 0 Å². The molecule has 0 saturated carbocycles. The summed E-state index contributed by atoms with van der Waals surface area (Å²) in [5.74, 6) is -0.364. The first kappa shape index (κ1) is 20.7. The number of nitrogens with zero attached hydrogens (tertiary/aromatic N) is 2. The van der Waals surface area contributed by atoms with Gasteiger partial charge < -0.3 is 4.74 Å². The summed E-state index contributed by atoms with van der Waals surface area (Å²) in [6.07, 6.45) is 4.78. The first-order chi connectivity index (χ1) is 15.0. The van der Waals surface area contributed by atoms with Crippen LogP contribution >= 0.6 is 23.8 Å². The minimum absolute atomic E-state index is 0.0102. The molecule has 0 spiro atoms. The summed E-state index contributed by atoms with van der Waals surface area (Å²) in [4.78, 5) is 31.2. The van der Waals surface area contributed by atoms with Crippen LogP contribution in [0.4, 0.5) is 5.69 Å². The van der Waals surface area contributed by atoms with Gasteiger partial charge in [-0.15, -0.1) is 0 Å². The zero-order valence-electron chi connectivity index (χ0n) is 16.3. The molecule has 1 aliphatic rings. The van der Waals surface area contributed by atoms with E-state index in [1.165, 1.54) is 11.0 Å². The third-order valence-electron chi connectivity index (χ3n) is 4.74. The molecule has 0 radical (unpaired) electrons. The van der Waals surface area contributed by atoms with Crippen LogP contribution in [0.2, 0.25) is 5.02 Å². The van der Waals surface area contributed by atoms with Gasteiger partial charge in [0.2, 0.25) is 0 Å². The molecule has 4 rings (SSSR count). The first-order valence-corrected chi connectivity index (χ1v) is 10.0. The molecule has 8 heteroatoms. The molecular weight excluding hydrogens is 434 g/mol. The van der Waals surface area contributed by atoms with E-state index in [1.807, 2.05) is 30.3 Å². The molecule has 2 heterocycles. The number of anilines is 1. The highest BCUT2D eigenvalue weighted by atomic mass is 35.5. The second-order valence-corrected chi connectivity index (χ2v) is 7.45. The largest absolute Gasteiger partial charge is 0.497 e. The van der Waals surface area contributed by atoms with Crippen molar-refractivity contribution in [2.75, 3.05) is 12.0 Å². The predicted molar refractivity (Wildman–Crippen MR) is 124 cm³/mol. The van der Waals surface area contributed by atoms with Crippen molar-refractivity contribution < 1.29 is 14.3 Å². The molecule has 1 N–H and O–H groups in total. The van der Waals surface area contributed by atoms with Crippen LogP contribution in [0.15, 0.2) is 72.6 Å². The van der Waals surface area contributed by atoms with E-state index in [2.05, 4.69) is 10.3 Å². The molecule has 3 aromatic rings. The van der Waals surface area contributed by atoms with Crippen LogP contribution in [0.5, 0.6) is 5.75 Å². The zero-order valence-corrected chi connectivity index (χ0v) is 17.9. The Morgan fingerprint density at radius 3 is 2.45 bits per heavy atom. The van der Waals surface area contributed by atoms with Crippen LogP contribution in [-0.2, 0) is 9.59 Å². The van der Waals surface area contributed by atoms with Crippen molar-refractivity contribution in [3.05, 3.63) is 83.2 Å². The summed E-state index contributed by atoms with van der Waals surface area (Å²) in [5, 5.41) is 3.11. The number of methoxy groups -OCH3 is 1. The van der Waals surface area contributed by atoms with E-state index in [9.17, 15) is 9.59 Å². The smallest absolute Gasteiger partial charge is 0.270 e. The molecule has 1 fully saturated rings. The number of rotatable bonds is 4. The maximum absolute atomic E-state index is 13.2. The zero-order chi connectivity index (χ0) is 22.0. The lowest BCUT2D eigenvalue weighted by Gasteiger charge is -2.29. The average Bonchev–Trinajstić information content (AvgIpc) is 2.78. The van der Waals surface area contributed by atoms with Crippen molar-refractivity contribution in [3.63, 3.8) is 0 Å². The van der Waals surface area contributed by atoms with Gasteiger partial charge in [0.25, 0.3) is 11.8 Å². The number of nitrogens with one attached hydrogen (secondary N) is 1. The number of benzene rings is 2. The average molecular weight is 450 g/mol. The molecule has 1 aliphatic heterocycles. The third-order valence-corrected chi connectivity index (χ3v) is 5.28. The molecule has 0 bridgehead atoms. The molecule has 1 saturated heterocycles. The molecule has 31 heavy (non-hydrogen) atoms. The highest BCUT2D eigenvalue weighted by molar-refractivity contribution is 7.80. The fraction of sp³-hybridized carbons (Fsp3) is 0.0435. The Morgan fingerprint density at radius 1 is 1.06 bits per heavy atom. The molecular formula is C23H16ClN3O3S. The van der Waals surface area contributed by atoms with Gasteiger partial charge in [0.1, 0.15) is 11.3 Å². The Labute approximate surface area is 189 Å². The maximum Gasteiger partial charge on any atom is 0.270 e. The third kappa shape index (κ3) is 4.19. The first-order valence-electron chi connectivity index (χ1n) is 9.23. The number of ether oxygens (including phenoxy) is 1. The van der Waals surface area contributed by atoms with E-state index in [0.29, 0.717) is 16.3 Å². The van der Waals surface area contributed by atoms with Gasteiger partial charge in [-0.2, -0.15) is 0 Å². The van der Waals surface area contributed by atoms with Crippen molar-refractivity contribution in [2.24, 2.45) is 0 Å². The van der Waals surface area contributed by atoms with Gasteiger partial charge in [-0.25, -0.2) is 0 Å². The molecule has 6 nitrogen and oxygen atoms in total. The number of thiocarbonyl (C=S) groups is 1. The number of hydrogen-bond donors (Lipinski definition) is 1. The highest BCUT2D eigenvalue weighted by Gasteiger charge is 2.34. The summed E-state index contributed by atoms with van der Waals surface area (Å²) in [6, 6.07) is 15.9. The van der Waals surface area contributed by atoms with Gasteiger partial charge in [0, 0.05) is 23.0 Å². The monoisotopic (exact) mass is 449 g/mol. The van der Waals surface area contributed by atoms with E-state index in [0.717, 1.165) is 16.9 Å². The fourth-order valence-corrected chi connectivity index (χ4v) is 3.60. The maximum atomic E-state index is 13.2. The van der Waals surface area contributed by atoms with E-state index in [4.69, 9.17) is 28.6 Å². The van der Waals surface area contributed by atoms with Crippen molar-refractivity contribution in [1.82, 2.24) is 10.3 Å². The number of carbonyl (C=O) groups excluding carboxylic acids is 2. The van der Waals surface area contributed by atoms with E-state index >= 15 is 0 Å². The summed E-state index contributed by atoms with van der Waals surface area (Å²) < 4.78 is 5.21. The second-order valence-electron chi connectivity index (χ2n) is 6.63. The lowest BCUT2D eigenvalue weighted by atomic mass is 9.99. The molecule has 0 atom stereocenters. The predicted octanol–water partition coefficient (Wildman–Crippen LogP) is 4.24. The molecule has 1 aromatic heterocycles. The lowest BCUT2D eigenvalue weighted by Crippen LogP contribution is -2.54. The van der Waals surface area contributed by atoms with Gasteiger partial charge >= 0.3 is 0 Å². The minimum atomic E-state index is -0.565. The molecule has 154 valence electrons. The summed E-state index contributed by atoms with van der Waals surface area (Å²) in [6.45, 7) is 0. The number of carbonyl (C=O) groups is 2. The number of amides is 2. The summed E-state index contributed by atoms with van der Waals surface area (Å²) in [7, 11) is 1.60. The normalized spacial score (nSPS) is 15.2. The lowest BCUT2D eigenvalue weighted by molar-refractivity contribution is -0.122. The van der Waals surface area contributed by atoms with Gasteiger partial charge in [-0.05, 0) is 71.9 Å². The van der Waals surface area contributed by atoms with E-state index < -0.39 is 11.8 Å². The van der Waals surface area contributed by atoms with Gasteiger partial charge in [-0.1, -0.05) is 23.7 Å². The van der Waals surface area contributed by atoms with Crippen LogP contribution in [0.25, 0.3) is 17.2 Å². The van der Waals surface area contributed by atoms with Gasteiger partial charge in [-0.3, -0.25) is 24.8 Å². The van der Waals surface area contributed by atoms with Crippen LogP contribution in [0, 0.1) is 0 Å². The number of halogens is 1. The summed E-state index contributed by atoms with van der Waals surface area (Å²) in [5.41, 5.74) is 2.79. The Bertz CT molecular complexity index is 1210. The Balaban J connectivity index is 1.75. The number of aromatic nitrogens is 1. The van der Waals surface area contributed by atoms with Crippen LogP contribution in [0.3, 0.4) is 0 Å². The van der Waals surface area contributed by atoms with Crippen LogP contribution in [0.1, 0.15) is 5.56 Å². The topological polar surface area (TPSA) is 71.5 Å². The van der Waals surface area contributed by atoms with Crippen molar-refractivity contribution in [2.45, 2.75) is 0 Å². The Morgan fingerprint density at radius 2 is 1.77 bits per heavy atom. The van der Waals surface area contributed by atoms with Crippen LogP contribution < -0.4 is 15.0 Å². The van der Waals surface area contributed by atoms with E-state index in [-0.39, 0.29) is 10.7 Å². The second kappa shape index (κ2) is 8.67. The van der Waals surface area contributed by atoms with Crippen molar-refractivity contribution >= 4 is 52.5 Å². The highest BCUT2D eigenvalue weighted by Crippen LogP contribution is 2.28. The Hall–Kier alpha value is -3.55. The van der Waals surface area contributed by atoms with Crippen molar-refractivity contribution in [3.8, 4) is 16.9 Å². The van der Waals surface area contributed by atoms with E-state index in [1.54, 1.807) is 43.8 Å². The quantitative estimate of drug-likeness (QED) is 0.366. The van der Waals surface area contributed by atoms with Gasteiger partial charge in [0.15, 0.2) is 5.11 Å². The number of pyridine rings is 1. The standard InChI is InChI=1S/C23H16ClN3O3S/c1-30-18-8-2-14(3-9-18)19-10-11-25-13-15(19)12-20-21(28)26-23(31)27(22(20)29)17-6-4-16(24)5-7-17/h2-13H,1H3,(H,26,28,31)/b20-12-. The molecule has 2 aromatic carbocycles. The number of hydrogen-bond acceptors (Lipinski definition) is 5. The molecule has 2 amide bonds. The fourth-order valence-electron chi connectivity index (χ4n) is 3.19. The molecule has 0 unspecified atom stereocenters.